The summed E-state index contributed by atoms with van der Waals surface area (Å²) in [4.78, 5) is 16.3. The average molecular weight is 371 g/mol. The maximum atomic E-state index is 12.1. The van der Waals surface area contributed by atoms with E-state index < -0.39 is 0 Å². The molecule has 1 aromatic carbocycles. The Bertz CT molecular complexity index is 880. The van der Waals surface area contributed by atoms with E-state index in [-0.39, 0.29) is 17.7 Å². The maximum Gasteiger partial charge on any atom is 0.273 e. The molecule has 26 heavy (non-hydrogen) atoms. The van der Waals surface area contributed by atoms with Gasteiger partial charge in [0.2, 0.25) is 0 Å². The van der Waals surface area contributed by atoms with Gasteiger partial charge in [0.25, 0.3) is 5.91 Å². The third-order valence-electron chi connectivity index (χ3n) is 3.88. The average Bonchev–Trinajstić information content (AvgIpc) is 3.34. The van der Waals surface area contributed by atoms with Crippen molar-refractivity contribution in [2.75, 3.05) is 13.2 Å². The van der Waals surface area contributed by atoms with E-state index >= 15 is 0 Å². The first kappa shape index (κ1) is 16.5. The predicted octanol–water partition coefficient (Wildman–Crippen LogP) is 1.55. The van der Waals surface area contributed by atoms with Gasteiger partial charge in [-0.25, -0.2) is 9.67 Å². The largest absolute Gasteiger partial charge is 0.486 e. The first-order valence-electron chi connectivity index (χ1n) is 8.22. The van der Waals surface area contributed by atoms with Crippen LogP contribution in [0.25, 0.3) is 0 Å². The van der Waals surface area contributed by atoms with E-state index in [0.29, 0.717) is 31.9 Å². The minimum atomic E-state index is -0.252. The fourth-order valence-electron chi connectivity index (χ4n) is 2.61. The lowest BCUT2D eigenvalue weighted by atomic mass is 10.2. The number of fused-ring (bicyclic) bond motifs is 1. The molecule has 1 aliphatic rings. The van der Waals surface area contributed by atoms with Crippen LogP contribution in [0.2, 0.25) is 0 Å². The number of carbonyl (C=O) groups excluding carboxylic acids is 1. The van der Waals surface area contributed by atoms with Gasteiger partial charge in [-0.2, -0.15) is 0 Å². The number of benzene rings is 1. The van der Waals surface area contributed by atoms with Crippen LogP contribution in [0.1, 0.15) is 16.2 Å². The molecule has 8 nitrogen and oxygen atoms in total. The Hall–Kier alpha value is -2.94. The number of carbonyl (C=O) groups is 1. The molecule has 0 bridgehead atoms. The van der Waals surface area contributed by atoms with Gasteiger partial charge in [-0.1, -0.05) is 17.3 Å². The number of aromatic nitrogens is 4. The van der Waals surface area contributed by atoms with E-state index in [1.807, 2.05) is 29.6 Å². The summed E-state index contributed by atoms with van der Waals surface area (Å²) in [6.07, 6.45) is 2.12. The molecular weight excluding hydrogens is 354 g/mol. The Balaban J connectivity index is 1.30. The van der Waals surface area contributed by atoms with Crippen LogP contribution in [-0.2, 0) is 13.0 Å². The molecule has 0 aliphatic carbocycles. The van der Waals surface area contributed by atoms with Gasteiger partial charge in [-0.15, -0.1) is 16.4 Å². The molecule has 0 radical (unpaired) electrons. The molecule has 0 saturated carbocycles. The van der Waals surface area contributed by atoms with E-state index in [1.165, 1.54) is 11.3 Å². The molecule has 0 unspecified atom stereocenters. The summed E-state index contributed by atoms with van der Waals surface area (Å²) in [5.74, 6) is 1.20. The van der Waals surface area contributed by atoms with Crippen LogP contribution >= 0.6 is 11.3 Å². The number of ether oxygens (including phenoxy) is 2. The second-order valence-electron chi connectivity index (χ2n) is 5.81. The zero-order chi connectivity index (χ0) is 17.8. The van der Waals surface area contributed by atoms with Gasteiger partial charge in [0, 0.05) is 18.3 Å². The van der Waals surface area contributed by atoms with E-state index in [2.05, 4.69) is 20.6 Å². The second kappa shape index (κ2) is 7.52. The molecule has 0 spiro atoms. The molecule has 1 atom stereocenters. The third kappa shape index (κ3) is 3.83. The van der Waals surface area contributed by atoms with Gasteiger partial charge in [0.1, 0.15) is 6.61 Å². The van der Waals surface area contributed by atoms with Crippen molar-refractivity contribution in [3.05, 3.63) is 52.7 Å². The number of amides is 1. The lowest BCUT2D eigenvalue weighted by Gasteiger charge is -2.26. The van der Waals surface area contributed by atoms with Crippen molar-refractivity contribution >= 4 is 17.2 Å². The molecule has 4 rings (SSSR count). The quantitative estimate of drug-likeness (QED) is 0.707. The molecule has 134 valence electrons. The van der Waals surface area contributed by atoms with Crippen LogP contribution in [0, 0.1) is 0 Å². The number of rotatable bonds is 6. The maximum absolute atomic E-state index is 12.1. The summed E-state index contributed by atoms with van der Waals surface area (Å²) in [7, 11) is 0. The minimum absolute atomic E-state index is 0.188. The fourth-order valence-corrected chi connectivity index (χ4v) is 3.20. The molecule has 2 aromatic heterocycles. The molecule has 1 aliphatic heterocycles. The number of thiazole rings is 1. The molecule has 0 fully saturated rings. The number of nitrogens with one attached hydrogen (secondary N) is 1. The van der Waals surface area contributed by atoms with Gasteiger partial charge in [-0.3, -0.25) is 4.79 Å². The van der Waals surface area contributed by atoms with Gasteiger partial charge < -0.3 is 14.8 Å². The van der Waals surface area contributed by atoms with Crippen LogP contribution in [0.4, 0.5) is 0 Å². The first-order chi connectivity index (χ1) is 12.8. The first-order valence-corrected chi connectivity index (χ1v) is 9.16. The standard InChI is InChI=1S/C17H17N5O3S/c23-17(18-6-5-12-10-26-11-19-12)14-8-22(21-20-14)7-13-9-24-15-3-1-2-4-16(15)25-13/h1-4,8,10-11,13H,5-7,9H2,(H,18,23)/t13-/m1/s1. The van der Waals surface area contributed by atoms with Gasteiger partial charge >= 0.3 is 0 Å². The molecule has 0 saturated heterocycles. The number of hydrogen-bond acceptors (Lipinski definition) is 7. The van der Waals surface area contributed by atoms with E-state index in [4.69, 9.17) is 9.47 Å². The van der Waals surface area contributed by atoms with Gasteiger partial charge in [-0.05, 0) is 12.1 Å². The molecule has 9 heteroatoms. The Labute approximate surface area is 153 Å². The fraction of sp³-hybridized carbons (Fsp3) is 0.294. The lowest BCUT2D eigenvalue weighted by molar-refractivity contribution is 0.0754. The zero-order valence-electron chi connectivity index (χ0n) is 13.9. The summed E-state index contributed by atoms with van der Waals surface area (Å²) in [6, 6.07) is 7.53. The third-order valence-corrected chi connectivity index (χ3v) is 4.51. The van der Waals surface area contributed by atoms with Crippen LogP contribution in [0.15, 0.2) is 41.4 Å². The molecular formula is C17H17N5O3S. The highest BCUT2D eigenvalue weighted by Gasteiger charge is 2.22. The van der Waals surface area contributed by atoms with Crippen molar-refractivity contribution in [2.24, 2.45) is 0 Å². The van der Waals surface area contributed by atoms with Crippen molar-refractivity contribution in [2.45, 2.75) is 19.1 Å². The summed E-state index contributed by atoms with van der Waals surface area (Å²) >= 11 is 1.54. The van der Waals surface area contributed by atoms with E-state index in [0.717, 1.165) is 11.4 Å². The summed E-state index contributed by atoms with van der Waals surface area (Å²) < 4.78 is 13.2. The molecule has 3 aromatic rings. The zero-order valence-corrected chi connectivity index (χ0v) is 14.7. The van der Waals surface area contributed by atoms with E-state index in [1.54, 1.807) is 16.4 Å². The van der Waals surface area contributed by atoms with Gasteiger partial charge in [0.05, 0.1) is 23.9 Å². The summed E-state index contributed by atoms with van der Waals surface area (Å²) in [5.41, 5.74) is 3.02. The predicted molar refractivity (Wildman–Crippen MR) is 94.5 cm³/mol. The van der Waals surface area contributed by atoms with Crippen molar-refractivity contribution in [1.29, 1.82) is 0 Å². The second-order valence-corrected chi connectivity index (χ2v) is 6.53. The van der Waals surface area contributed by atoms with Gasteiger partial charge in [0.15, 0.2) is 23.3 Å². The van der Waals surface area contributed by atoms with Crippen LogP contribution in [-0.4, -0.2) is 45.1 Å². The van der Waals surface area contributed by atoms with Crippen LogP contribution in [0.3, 0.4) is 0 Å². The summed E-state index contributed by atoms with van der Waals surface area (Å²) in [5, 5.41) is 12.7. The lowest BCUT2D eigenvalue weighted by Crippen LogP contribution is -2.33. The Morgan fingerprint density at radius 2 is 2.23 bits per heavy atom. The van der Waals surface area contributed by atoms with Crippen molar-refractivity contribution in [3.8, 4) is 11.5 Å². The minimum Gasteiger partial charge on any atom is -0.486 e. The Kier molecular flexibility index (Phi) is 4.78. The molecule has 1 amide bonds. The normalized spacial score (nSPS) is 15.6. The van der Waals surface area contributed by atoms with E-state index in [9.17, 15) is 4.79 Å². The molecule has 1 N–H and O–H groups in total. The monoisotopic (exact) mass is 371 g/mol. The Morgan fingerprint density at radius 3 is 3.08 bits per heavy atom. The highest BCUT2D eigenvalue weighted by atomic mass is 32.1. The summed E-state index contributed by atoms with van der Waals surface area (Å²) in [6.45, 7) is 1.38. The topological polar surface area (TPSA) is 91.2 Å². The number of hydrogen-bond donors (Lipinski definition) is 1. The SMILES string of the molecule is O=C(NCCc1cscn1)c1cn(C[C@@H]2COc3ccccc3O2)nn1. The molecule has 3 heterocycles. The highest BCUT2D eigenvalue weighted by Crippen LogP contribution is 2.31. The van der Waals surface area contributed by atoms with Crippen LogP contribution < -0.4 is 14.8 Å². The Morgan fingerprint density at radius 1 is 1.35 bits per heavy atom. The van der Waals surface area contributed by atoms with Crippen molar-refractivity contribution < 1.29 is 14.3 Å². The highest BCUT2D eigenvalue weighted by molar-refractivity contribution is 7.07. The van der Waals surface area contributed by atoms with Crippen LogP contribution in [0.5, 0.6) is 11.5 Å². The number of nitrogens with zero attached hydrogens (tertiary/aromatic N) is 4. The van der Waals surface area contributed by atoms with Crippen molar-refractivity contribution in [3.63, 3.8) is 0 Å². The smallest absolute Gasteiger partial charge is 0.273 e. The number of para-hydroxylation sites is 2. The van der Waals surface area contributed by atoms with Crippen molar-refractivity contribution in [1.82, 2.24) is 25.3 Å².